The van der Waals surface area contributed by atoms with E-state index in [-0.39, 0.29) is 5.97 Å². The van der Waals surface area contributed by atoms with E-state index < -0.39 is 6.10 Å². The molecule has 4 heteroatoms. The fourth-order valence-corrected chi connectivity index (χ4v) is 1.81. The van der Waals surface area contributed by atoms with Gasteiger partial charge in [-0.15, -0.1) is 0 Å². The molecule has 1 atom stereocenters. The molecule has 1 aliphatic heterocycles. The molecule has 1 aliphatic rings. The van der Waals surface area contributed by atoms with Crippen molar-refractivity contribution < 1.29 is 14.3 Å². The first-order chi connectivity index (χ1) is 7.79. The maximum absolute atomic E-state index is 11.6. The number of cyclic esters (lactones) is 1. The summed E-state index contributed by atoms with van der Waals surface area (Å²) in [6.07, 6.45) is 0.846. The number of hydrogen-bond donors (Lipinski definition) is 0. The summed E-state index contributed by atoms with van der Waals surface area (Å²) in [4.78, 5) is 13.2. The van der Waals surface area contributed by atoms with E-state index in [1.54, 1.807) is 4.99 Å². The molecule has 0 bridgehead atoms. The molecular weight excluding hydrogens is 272 g/mol. The van der Waals surface area contributed by atoms with Crippen LogP contribution in [-0.4, -0.2) is 12.1 Å². The van der Waals surface area contributed by atoms with Gasteiger partial charge in [-0.1, -0.05) is 34.1 Å². The third kappa shape index (κ3) is 2.64. The Labute approximate surface area is 102 Å². The van der Waals surface area contributed by atoms with Gasteiger partial charge in [0.15, 0.2) is 6.10 Å². The van der Waals surface area contributed by atoms with Crippen LogP contribution < -0.4 is 4.74 Å². The Bertz CT molecular complexity index is 400. The second-order valence-electron chi connectivity index (χ2n) is 3.45. The van der Waals surface area contributed by atoms with E-state index in [0.717, 1.165) is 0 Å². The number of benzene rings is 1. The second kappa shape index (κ2) is 5.16. The molecule has 0 spiro atoms. The van der Waals surface area contributed by atoms with E-state index in [4.69, 9.17) is 9.47 Å². The molecule has 1 unspecified atom stereocenters. The number of carbonyl (C=O) groups excluding carboxylic acids is 1. The first-order valence-electron chi connectivity index (χ1n) is 5.02. The highest BCUT2D eigenvalue weighted by Crippen LogP contribution is 2.23. The van der Waals surface area contributed by atoms with E-state index >= 15 is 0 Å². The summed E-state index contributed by atoms with van der Waals surface area (Å²) in [5.74, 6) is 1.01. The van der Waals surface area contributed by atoms with Crippen LogP contribution in [0.5, 0.6) is 5.75 Å². The summed E-state index contributed by atoms with van der Waals surface area (Å²) in [5, 5.41) is 0. The third-order valence-corrected chi connectivity index (χ3v) is 2.80. The maximum atomic E-state index is 11.6. The van der Waals surface area contributed by atoms with Crippen LogP contribution >= 0.6 is 15.9 Å². The van der Waals surface area contributed by atoms with Crippen molar-refractivity contribution in [3.63, 3.8) is 0 Å². The molecule has 0 amide bonds. The summed E-state index contributed by atoms with van der Waals surface area (Å²) in [5.41, 5.74) is 0. The molecule has 1 heterocycles. The van der Waals surface area contributed by atoms with Crippen LogP contribution in [0.2, 0.25) is 0 Å². The summed E-state index contributed by atoms with van der Waals surface area (Å²) in [7, 11) is 0. The number of ether oxygens (including phenoxy) is 2. The van der Waals surface area contributed by atoms with E-state index in [9.17, 15) is 4.79 Å². The highest BCUT2D eigenvalue weighted by atomic mass is 79.9. The summed E-state index contributed by atoms with van der Waals surface area (Å²) < 4.78 is 10.6. The number of allylic oxidation sites excluding steroid dienone is 1. The average molecular weight is 283 g/mol. The van der Waals surface area contributed by atoms with Crippen molar-refractivity contribution >= 4 is 21.9 Å². The first kappa shape index (κ1) is 11.2. The number of halogens is 1. The molecule has 0 N–H and O–H groups in total. The van der Waals surface area contributed by atoms with Gasteiger partial charge in [-0.05, 0) is 12.1 Å². The van der Waals surface area contributed by atoms with Gasteiger partial charge in [0.05, 0.1) is 0 Å². The molecular formula is C12H11BrO3. The van der Waals surface area contributed by atoms with Crippen LogP contribution in [0.15, 0.2) is 41.1 Å². The van der Waals surface area contributed by atoms with E-state index in [1.165, 1.54) is 0 Å². The monoisotopic (exact) mass is 282 g/mol. The van der Waals surface area contributed by atoms with Crippen molar-refractivity contribution in [2.45, 2.75) is 18.9 Å². The Balaban J connectivity index is 2.00. The van der Waals surface area contributed by atoms with Crippen molar-refractivity contribution in [2.75, 3.05) is 0 Å². The van der Waals surface area contributed by atoms with Crippen molar-refractivity contribution in [2.24, 2.45) is 0 Å². The van der Waals surface area contributed by atoms with Crippen LogP contribution in [0.25, 0.3) is 0 Å². The Hall–Kier alpha value is -1.29. The zero-order chi connectivity index (χ0) is 11.4. The predicted molar refractivity (Wildman–Crippen MR) is 63.2 cm³/mol. The topological polar surface area (TPSA) is 35.5 Å². The quantitative estimate of drug-likeness (QED) is 0.783. The van der Waals surface area contributed by atoms with Gasteiger partial charge in [-0.3, -0.25) is 0 Å². The highest BCUT2D eigenvalue weighted by molar-refractivity contribution is 9.11. The maximum Gasteiger partial charge on any atom is 0.352 e. The van der Waals surface area contributed by atoms with E-state index in [0.29, 0.717) is 24.4 Å². The minimum Gasteiger partial charge on any atom is -0.479 e. The number of para-hydroxylation sites is 1. The molecule has 1 aromatic rings. The normalized spacial score (nSPS) is 22.9. The van der Waals surface area contributed by atoms with Crippen LogP contribution in [-0.2, 0) is 9.53 Å². The number of carbonyl (C=O) groups is 1. The van der Waals surface area contributed by atoms with Gasteiger partial charge in [0.1, 0.15) is 11.5 Å². The van der Waals surface area contributed by atoms with Crippen molar-refractivity contribution in [1.82, 2.24) is 0 Å². The first-order valence-corrected chi connectivity index (χ1v) is 5.94. The minimum absolute atomic E-state index is 0.333. The van der Waals surface area contributed by atoms with Crippen molar-refractivity contribution in [3.05, 3.63) is 41.1 Å². The Kier molecular flexibility index (Phi) is 3.62. The third-order valence-electron chi connectivity index (χ3n) is 2.29. The Morgan fingerprint density at radius 3 is 2.75 bits per heavy atom. The molecule has 0 aromatic heterocycles. The molecule has 0 radical (unpaired) electrons. The molecule has 3 nitrogen and oxygen atoms in total. The number of esters is 1. The average Bonchev–Trinajstić information content (AvgIpc) is 2.33. The Morgan fingerprint density at radius 2 is 2.12 bits per heavy atom. The van der Waals surface area contributed by atoms with E-state index in [1.807, 2.05) is 30.3 Å². The predicted octanol–water partition coefficient (Wildman–Crippen LogP) is 3.01. The van der Waals surface area contributed by atoms with Gasteiger partial charge in [0.2, 0.25) is 0 Å². The molecule has 1 aromatic carbocycles. The van der Waals surface area contributed by atoms with Crippen molar-refractivity contribution in [3.8, 4) is 5.75 Å². The molecule has 0 saturated carbocycles. The molecule has 84 valence electrons. The molecule has 0 aliphatic carbocycles. The summed E-state index contributed by atoms with van der Waals surface area (Å²) >= 11 is 3.15. The zero-order valence-electron chi connectivity index (χ0n) is 8.56. The second-order valence-corrected chi connectivity index (χ2v) is 3.91. The van der Waals surface area contributed by atoms with Gasteiger partial charge >= 0.3 is 5.97 Å². The molecule has 16 heavy (non-hydrogen) atoms. The van der Waals surface area contributed by atoms with Gasteiger partial charge in [0, 0.05) is 17.8 Å². The molecule has 1 saturated heterocycles. The lowest BCUT2D eigenvalue weighted by Crippen LogP contribution is -2.33. The lowest BCUT2D eigenvalue weighted by atomic mass is 10.1. The van der Waals surface area contributed by atoms with Crippen LogP contribution in [0.1, 0.15) is 12.8 Å². The van der Waals surface area contributed by atoms with Gasteiger partial charge < -0.3 is 9.47 Å². The summed E-state index contributed by atoms with van der Waals surface area (Å²) in [6.45, 7) is 0. The van der Waals surface area contributed by atoms with Crippen molar-refractivity contribution in [1.29, 1.82) is 0 Å². The smallest absolute Gasteiger partial charge is 0.352 e. The number of hydrogen-bond acceptors (Lipinski definition) is 3. The fourth-order valence-electron chi connectivity index (χ4n) is 1.48. The van der Waals surface area contributed by atoms with E-state index in [2.05, 4.69) is 15.9 Å². The van der Waals surface area contributed by atoms with Gasteiger partial charge in [-0.2, -0.15) is 0 Å². The Morgan fingerprint density at radius 1 is 1.38 bits per heavy atom. The van der Waals surface area contributed by atoms with Crippen LogP contribution in [0, 0.1) is 0 Å². The lowest BCUT2D eigenvalue weighted by Gasteiger charge is -2.23. The van der Waals surface area contributed by atoms with Crippen LogP contribution in [0.3, 0.4) is 0 Å². The fraction of sp³-hybridized carbons (Fsp3) is 0.250. The number of rotatable bonds is 2. The largest absolute Gasteiger partial charge is 0.479 e. The lowest BCUT2D eigenvalue weighted by molar-refractivity contribution is -0.151. The standard InChI is InChI=1S/C12H11BrO3/c13-8-10-6-7-11(12(14)16-10)15-9-4-2-1-3-5-9/h1-5,8,11H,6-7H2/b10-8-. The minimum atomic E-state index is -0.501. The summed E-state index contributed by atoms with van der Waals surface area (Å²) in [6, 6.07) is 9.28. The van der Waals surface area contributed by atoms with Gasteiger partial charge in [0.25, 0.3) is 0 Å². The van der Waals surface area contributed by atoms with Gasteiger partial charge in [-0.25, -0.2) is 4.79 Å². The van der Waals surface area contributed by atoms with Crippen LogP contribution in [0.4, 0.5) is 0 Å². The molecule has 1 fully saturated rings. The highest BCUT2D eigenvalue weighted by Gasteiger charge is 2.28. The zero-order valence-corrected chi connectivity index (χ0v) is 10.1. The SMILES string of the molecule is O=C1O/C(=C\Br)CCC1Oc1ccccc1. The molecule has 2 rings (SSSR count).